The first kappa shape index (κ1) is 14.8. The Bertz CT molecular complexity index is 606. The van der Waals surface area contributed by atoms with E-state index in [4.69, 9.17) is 23.2 Å². The average Bonchev–Trinajstić information content (AvgIpc) is 2.31. The molecular weight excluding hydrogens is 350 g/mol. The molecule has 0 spiro atoms. The van der Waals surface area contributed by atoms with Gasteiger partial charge in [-0.3, -0.25) is 0 Å². The van der Waals surface area contributed by atoms with Crippen LogP contribution in [0.3, 0.4) is 0 Å². The van der Waals surface area contributed by atoms with Crippen LogP contribution < -0.4 is 0 Å². The summed E-state index contributed by atoms with van der Waals surface area (Å²) < 4.78 is 14.1. The van der Waals surface area contributed by atoms with E-state index in [0.717, 1.165) is 16.7 Å². The number of hydrogen-bond acceptors (Lipinski definition) is 0. The van der Waals surface area contributed by atoms with Crippen molar-refractivity contribution in [3.05, 3.63) is 67.9 Å². The van der Waals surface area contributed by atoms with Gasteiger partial charge in [0.25, 0.3) is 0 Å². The first-order chi connectivity index (χ1) is 8.88. The minimum Gasteiger partial charge on any atom is -0.207 e. The topological polar surface area (TPSA) is 0 Å². The van der Waals surface area contributed by atoms with Gasteiger partial charge in [-0.25, -0.2) is 4.39 Å². The second-order valence-electron chi connectivity index (χ2n) is 4.52. The van der Waals surface area contributed by atoms with Crippen LogP contribution in [0.25, 0.3) is 0 Å². The van der Waals surface area contributed by atoms with Gasteiger partial charge in [0.2, 0.25) is 0 Å². The van der Waals surface area contributed by atoms with Crippen molar-refractivity contribution in [1.82, 2.24) is 0 Å². The predicted molar refractivity (Wildman–Crippen MR) is 82.7 cm³/mol. The molecule has 0 aliphatic carbocycles. The third-order valence-corrected chi connectivity index (χ3v) is 4.34. The van der Waals surface area contributed by atoms with Crippen LogP contribution in [-0.2, 0) is 0 Å². The third-order valence-electron chi connectivity index (χ3n) is 3.06. The molecule has 0 nitrogen and oxygen atoms in total. The van der Waals surface area contributed by atoms with Gasteiger partial charge in [0.1, 0.15) is 5.82 Å². The molecule has 2 aromatic carbocycles. The number of aryl methyl sites for hydroxylation is 2. The van der Waals surface area contributed by atoms with E-state index < -0.39 is 5.38 Å². The maximum Gasteiger partial charge on any atom is 0.124 e. The minimum atomic E-state index is -0.473. The van der Waals surface area contributed by atoms with Crippen LogP contribution in [0.15, 0.2) is 34.8 Å². The molecule has 1 atom stereocenters. The summed E-state index contributed by atoms with van der Waals surface area (Å²) in [6.07, 6.45) is 0. The summed E-state index contributed by atoms with van der Waals surface area (Å²) in [5.74, 6) is -0.324. The Morgan fingerprint density at radius 3 is 2.32 bits per heavy atom. The van der Waals surface area contributed by atoms with Gasteiger partial charge in [-0.05, 0) is 60.4 Å². The van der Waals surface area contributed by atoms with Crippen LogP contribution in [0.5, 0.6) is 0 Å². The summed E-state index contributed by atoms with van der Waals surface area (Å²) in [5.41, 5.74) is 3.70. The highest BCUT2D eigenvalue weighted by Gasteiger charge is 2.16. The molecule has 0 N–H and O–H groups in total. The van der Waals surface area contributed by atoms with E-state index in [-0.39, 0.29) is 5.82 Å². The molecule has 0 heterocycles. The van der Waals surface area contributed by atoms with Gasteiger partial charge in [-0.2, -0.15) is 0 Å². The van der Waals surface area contributed by atoms with Crippen molar-refractivity contribution in [3.8, 4) is 0 Å². The highest BCUT2D eigenvalue weighted by Crippen LogP contribution is 2.36. The number of hydrogen-bond donors (Lipinski definition) is 0. The molecule has 0 aromatic heterocycles. The lowest BCUT2D eigenvalue weighted by molar-refractivity contribution is 0.625. The molecule has 0 aliphatic heterocycles. The molecule has 1 unspecified atom stereocenters. The van der Waals surface area contributed by atoms with Crippen LogP contribution in [0, 0.1) is 19.7 Å². The van der Waals surface area contributed by atoms with Crippen LogP contribution in [0.1, 0.15) is 27.6 Å². The molecule has 0 saturated carbocycles. The summed E-state index contributed by atoms with van der Waals surface area (Å²) in [4.78, 5) is 0. The zero-order valence-electron chi connectivity index (χ0n) is 10.5. The number of halogens is 4. The monoisotopic (exact) mass is 360 g/mol. The summed E-state index contributed by atoms with van der Waals surface area (Å²) in [6.45, 7) is 3.99. The highest BCUT2D eigenvalue weighted by molar-refractivity contribution is 9.10. The van der Waals surface area contributed by atoms with E-state index in [1.807, 2.05) is 26.0 Å². The Balaban J connectivity index is 2.49. The zero-order chi connectivity index (χ0) is 14.2. The van der Waals surface area contributed by atoms with Gasteiger partial charge < -0.3 is 0 Å². The van der Waals surface area contributed by atoms with Crippen molar-refractivity contribution in [2.45, 2.75) is 19.2 Å². The number of alkyl halides is 1. The molecule has 19 heavy (non-hydrogen) atoms. The van der Waals surface area contributed by atoms with Gasteiger partial charge in [-0.1, -0.05) is 33.6 Å². The minimum absolute atomic E-state index is 0.324. The molecule has 0 amide bonds. The zero-order valence-corrected chi connectivity index (χ0v) is 13.6. The largest absolute Gasteiger partial charge is 0.207 e. The van der Waals surface area contributed by atoms with Crippen molar-refractivity contribution in [1.29, 1.82) is 0 Å². The van der Waals surface area contributed by atoms with Crippen molar-refractivity contribution in [2.24, 2.45) is 0 Å². The van der Waals surface area contributed by atoms with E-state index >= 15 is 0 Å². The van der Waals surface area contributed by atoms with E-state index in [2.05, 4.69) is 15.9 Å². The summed E-state index contributed by atoms with van der Waals surface area (Å²) >= 11 is 15.9. The summed E-state index contributed by atoms with van der Waals surface area (Å²) in [6, 6.07) is 8.46. The number of benzene rings is 2. The molecule has 100 valence electrons. The van der Waals surface area contributed by atoms with E-state index in [1.54, 1.807) is 6.07 Å². The molecule has 2 aromatic rings. The Hall–Kier alpha value is -0.570. The lowest BCUT2D eigenvalue weighted by Gasteiger charge is -2.15. The van der Waals surface area contributed by atoms with Crippen LogP contribution in [0.4, 0.5) is 4.39 Å². The van der Waals surface area contributed by atoms with Gasteiger partial charge in [0, 0.05) is 9.50 Å². The maximum atomic E-state index is 13.4. The second-order valence-corrected chi connectivity index (χ2v) is 6.28. The lowest BCUT2D eigenvalue weighted by Crippen LogP contribution is -1.97. The maximum absolute atomic E-state index is 13.4. The normalized spacial score (nSPS) is 12.5. The number of rotatable bonds is 2. The fraction of sp³-hybridized carbons (Fsp3) is 0.200. The van der Waals surface area contributed by atoms with Crippen molar-refractivity contribution in [2.75, 3.05) is 0 Å². The fourth-order valence-corrected chi connectivity index (χ4v) is 3.07. The molecule has 0 fully saturated rings. The molecule has 0 radical (unpaired) electrons. The molecule has 4 heteroatoms. The standard InChI is InChI=1S/C15H12BrCl2F/c1-8-3-13(14(17)4-9(8)2)15(18)10-5-11(16)7-12(19)6-10/h3-7,15H,1-2H3. The first-order valence-corrected chi connectivity index (χ1v) is 7.36. The lowest BCUT2D eigenvalue weighted by atomic mass is 10.00. The average molecular weight is 362 g/mol. The first-order valence-electron chi connectivity index (χ1n) is 5.75. The van der Waals surface area contributed by atoms with Gasteiger partial charge in [0.05, 0.1) is 5.38 Å². The predicted octanol–water partition coefficient (Wildman–Crippen LogP) is 6.19. The Morgan fingerprint density at radius 2 is 1.68 bits per heavy atom. The molecule has 0 aliphatic rings. The second kappa shape index (κ2) is 5.82. The molecule has 0 bridgehead atoms. The quantitative estimate of drug-likeness (QED) is 0.559. The molecule has 0 saturated heterocycles. The Kier molecular flexibility index (Phi) is 4.54. The fourth-order valence-electron chi connectivity index (χ4n) is 1.90. The van der Waals surface area contributed by atoms with Crippen LogP contribution in [-0.4, -0.2) is 0 Å². The van der Waals surface area contributed by atoms with E-state index in [0.29, 0.717) is 15.1 Å². The van der Waals surface area contributed by atoms with Crippen molar-refractivity contribution < 1.29 is 4.39 Å². The van der Waals surface area contributed by atoms with Gasteiger partial charge in [-0.15, -0.1) is 11.6 Å². The molecular formula is C15H12BrCl2F. The SMILES string of the molecule is Cc1cc(Cl)c(C(Cl)c2cc(F)cc(Br)c2)cc1C. The van der Waals surface area contributed by atoms with Gasteiger partial charge >= 0.3 is 0 Å². The summed E-state index contributed by atoms with van der Waals surface area (Å²) in [7, 11) is 0. The smallest absolute Gasteiger partial charge is 0.124 e. The van der Waals surface area contributed by atoms with Crippen molar-refractivity contribution >= 4 is 39.1 Å². The highest BCUT2D eigenvalue weighted by atomic mass is 79.9. The third kappa shape index (κ3) is 3.31. The van der Waals surface area contributed by atoms with Crippen LogP contribution >= 0.6 is 39.1 Å². The summed E-state index contributed by atoms with van der Waals surface area (Å²) in [5, 5.41) is 0.127. The van der Waals surface area contributed by atoms with Gasteiger partial charge in [0.15, 0.2) is 0 Å². The van der Waals surface area contributed by atoms with E-state index in [1.165, 1.54) is 12.1 Å². The van der Waals surface area contributed by atoms with E-state index in [9.17, 15) is 4.39 Å². The van der Waals surface area contributed by atoms with Crippen molar-refractivity contribution in [3.63, 3.8) is 0 Å². The van der Waals surface area contributed by atoms with Crippen LogP contribution in [0.2, 0.25) is 5.02 Å². The Labute approximate surface area is 130 Å². The Morgan fingerprint density at radius 1 is 1.05 bits per heavy atom. The molecule has 2 rings (SSSR count).